The number of Topliss-reactive ketones (excluding diaryl/α,β-unsaturated/α-hetero) is 1. The van der Waals surface area contributed by atoms with E-state index in [2.05, 4.69) is 10.1 Å². The summed E-state index contributed by atoms with van der Waals surface area (Å²) in [6.45, 7) is 3.52. The molecule has 0 aliphatic rings. The molecule has 0 spiro atoms. The Balaban J connectivity index is 1.96. The number of carbonyl (C=O) groups excluding carboxylic acids is 2. The Morgan fingerprint density at radius 2 is 1.79 bits per heavy atom. The van der Waals surface area contributed by atoms with Gasteiger partial charge >= 0.3 is 6.36 Å². The Hall–Kier alpha value is -2.87. The lowest BCUT2D eigenvalue weighted by molar-refractivity contribution is -0.274. The number of ether oxygens (including phenoxy) is 1. The summed E-state index contributed by atoms with van der Waals surface area (Å²) in [6, 6.07) is 11.6. The van der Waals surface area contributed by atoms with E-state index in [1.54, 1.807) is 43.1 Å². The van der Waals surface area contributed by atoms with Crippen LogP contribution >= 0.6 is 0 Å². The second-order valence-electron chi connectivity index (χ2n) is 6.41. The highest BCUT2D eigenvalue weighted by Crippen LogP contribution is 2.23. The van der Waals surface area contributed by atoms with Crippen molar-refractivity contribution in [1.82, 2.24) is 4.90 Å². The molecule has 1 unspecified atom stereocenters. The van der Waals surface area contributed by atoms with Crippen molar-refractivity contribution in [3.8, 4) is 5.75 Å². The maximum Gasteiger partial charge on any atom is 0.573 e. The fraction of sp³-hybridized carbons (Fsp3) is 0.300. The highest BCUT2D eigenvalue weighted by Gasteiger charge is 2.31. The van der Waals surface area contributed by atoms with Crippen LogP contribution in [0.5, 0.6) is 5.75 Å². The quantitative estimate of drug-likeness (QED) is 0.714. The van der Waals surface area contributed by atoms with Gasteiger partial charge in [-0.2, -0.15) is 0 Å². The van der Waals surface area contributed by atoms with E-state index in [0.717, 1.165) is 5.56 Å². The van der Waals surface area contributed by atoms with Crippen LogP contribution < -0.4 is 10.1 Å². The molecule has 0 aromatic heterocycles. The molecule has 8 heteroatoms. The Morgan fingerprint density at radius 1 is 1.14 bits per heavy atom. The van der Waals surface area contributed by atoms with E-state index >= 15 is 0 Å². The van der Waals surface area contributed by atoms with Crippen LogP contribution in [0.2, 0.25) is 0 Å². The first-order chi connectivity index (χ1) is 13.0. The molecule has 150 valence electrons. The summed E-state index contributed by atoms with van der Waals surface area (Å²) >= 11 is 0. The predicted molar refractivity (Wildman–Crippen MR) is 99.1 cm³/mol. The number of benzene rings is 2. The summed E-state index contributed by atoms with van der Waals surface area (Å²) in [5.74, 6) is -0.658. The van der Waals surface area contributed by atoms with Gasteiger partial charge in [-0.3, -0.25) is 14.5 Å². The molecule has 2 rings (SSSR count). The number of halogens is 3. The zero-order valence-corrected chi connectivity index (χ0v) is 15.7. The van der Waals surface area contributed by atoms with Gasteiger partial charge in [0.2, 0.25) is 5.91 Å². The molecule has 28 heavy (non-hydrogen) atoms. The van der Waals surface area contributed by atoms with Crippen LogP contribution in [0.4, 0.5) is 18.9 Å². The molecule has 1 amide bonds. The van der Waals surface area contributed by atoms with Crippen molar-refractivity contribution >= 4 is 17.4 Å². The van der Waals surface area contributed by atoms with Gasteiger partial charge < -0.3 is 10.1 Å². The number of carbonyl (C=O) groups is 2. The third-order valence-corrected chi connectivity index (χ3v) is 4.17. The van der Waals surface area contributed by atoms with Crippen molar-refractivity contribution in [1.29, 1.82) is 0 Å². The molecule has 0 fully saturated rings. The molecule has 2 aromatic rings. The van der Waals surface area contributed by atoms with E-state index in [-0.39, 0.29) is 17.4 Å². The second kappa shape index (κ2) is 8.88. The summed E-state index contributed by atoms with van der Waals surface area (Å²) in [5.41, 5.74) is 1.75. The molecule has 5 nitrogen and oxygen atoms in total. The lowest BCUT2D eigenvalue weighted by Gasteiger charge is -2.24. The van der Waals surface area contributed by atoms with E-state index in [1.165, 1.54) is 31.2 Å². The molecular weight excluding hydrogens is 373 g/mol. The van der Waals surface area contributed by atoms with Gasteiger partial charge in [0.1, 0.15) is 5.75 Å². The molecule has 0 heterocycles. The van der Waals surface area contributed by atoms with Gasteiger partial charge in [0, 0.05) is 17.8 Å². The van der Waals surface area contributed by atoms with Crippen molar-refractivity contribution in [2.75, 3.05) is 12.4 Å². The van der Waals surface area contributed by atoms with Crippen molar-refractivity contribution < 1.29 is 27.5 Å². The number of amides is 1. The molecule has 0 radical (unpaired) electrons. The largest absolute Gasteiger partial charge is 0.573 e. The molecule has 0 saturated carbocycles. The third-order valence-electron chi connectivity index (χ3n) is 4.17. The molecule has 0 bridgehead atoms. The van der Waals surface area contributed by atoms with Gasteiger partial charge in [-0.05, 0) is 50.7 Å². The Bertz CT molecular complexity index is 835. The molecule has 0 aliphatic heterocycles. The number of anilines is 1. The van der Waals surface area contributed by atoms with E-state index in [0.29, 0.717) is 17.8 Å². The molecule has 1 atom stereocenters. The predicted octanol–water partition coefficient (Wildman–Crippen LogP) is 4.25. The van der Waals surface area contributed by atoms with E-state index < -0.39 is 12.4 Å². The molecule has 1 N–H and O–H groups in total. The first kappa shape index (κ1) is 21.4. The standard InChI is InChI=1S/C20H21F3N2O3/c1-13(19(27)24-17-6-4-5-16(11-17)14(2)26)25(3)12-15-7-9-18(10-8-15)28-20(21,22)23/h4-11,13H,12H2,1-3H3,(H,24,27). The van der Waals surface area contributed by atoms with Crippen LogP contribution in [-0.4, -0.2) is 36.0 Å². The van der Waals surface area contributed by atoms with Crippen LogP contribution in [0.25, 0.3) is 0 Å². The monoisotopic (exact) mass is 394 g/mol. The number of nitrogens with zero attached hydrogens (tertiary/aromatic N) is 1. The minimum absolute atomic E-state index is 0.0979. The fourth-order valence-electron chi connectivity index (χ4n) is 2.48. The summed E-state index contributed by atoms with van der Waals surface area (Å²) in [4.78, 5) is 25.6. The minimum atomic E-state index is -4.73. The van der Waals surface area contributed by atoms with Crippen LogP contribution in [0.1, 0.15) is 29.8 Å². The summed E-state index contributed by atoms with van der Waals surface area (Å²) in [5, 5.41) is 2.76. The normalized spacial score (nSPS) is 12.5. The average molecular weight is 394 g/mol. The SMILES string of the molecule is CC(=O)c1cccc(NC(=O)C(C)N(C)Cc2ccc(OC(F)(F)F)cc2)c1. The smallest absolute Gasteiger partial charge is 0.406 e. The number of nitrogens with one attached hydrogen (secondary N) is 1. The van der Waals surface area contributed by atoms with Gasteiger partial charge in [0.05, 0.1) is 6.04 Å². The number of rotatable bonds is 7. The zero-order valence-electron chi connectivity index (χ0n) is 15.7. The zero-order chi connectivity index (χ0) is 20.9. The molecular formula is C20H21F3N2O3. The van der Waals surface area contributed by atoms with Crippen molar-refractivity contribution in [3.63, 3.8) is 0 Å². The van der Waals surface area contributed by atoms with Crippen molar-refractivity contribution in [2.24, 2.45) is 0 Å². The summed E-state index contributed by atoms with van der Waals surface area (Å²) in [6.07, 6.45) is -4.73. The van der Waals surface area contributed by atoms with E-state index in [4.69, 9.17) is 0 Å². The molecule has 0 aliphatic carbocycles. The molecule has 2 aromatic carbocycles. The highest BCUT2D eigenvalue weighted by molar-refractivity contribution is 5.98. The summed E-state index contributed by atoms with van der Waals surface area (Å²) in [7, 11) is 1.73. The number of ketones is 1. The van der Waals surface area contributed by atoms with Gasteiger partial charge in [0.15, 0.2) is 5.78 Å². The number of likely N-dealkylation sites (N-methyl/N-ethyl adjacent to an activating group) is 1. The Kier molecular flexibility index (Phi) is 6.80. The van der Waals surface area contributed by atoms with Crippen LogP contribution in [0.15, 0.2) is 48.5 Å². The van der Waals surface area contributed by atoms with Crippen molar-refractivity contribution in [2.45, 2.75) is 32.8 Å². The lowest BCUT2D eigenvalue weighted by Crippen LogP contribution is -2.39. The maximum absolute atomic E-state index is 12.5. The van der Waals surface area contributed by atoms with Gasteiger partial charge in [-0.1, -0.05) is 24.3 Å². The van der Waals surface area contributed by atoms with E-state index in [1.807, 2.05) is 0 Å². The number of hydrogen-bond donors (Lipinski definition) is 1. The first-order valence-electron chi connectivity index (χ1n) is 8.52. The number of hydrogen-bond acceptors (Lipinski definition) is 4. The first-order valence-corrected chi connectivity index (χ1v) is 8.52. The van der Waals surface area contributed by atoms with Gasteiger partial charge in [0.25, 0.3) is 0 Å². The average Bonchev–Trinajstić information content (AvgIpc) is 2.61. The van der Waals surface area contributed by atoms with Crippen LogP contribution in [-0.2, 0) is 11.3 Å². The third kappa shape index (κ3) is 6.38. The second-order valence-corrected chi connectivity index (χ2v) is 6.41. The summed E-state index contributed by atoms with van der Waals surface area (Å²) < 4.78 is 40.4. The highest BCUT2D eigenvalue weighted by atomic mass is 19.4. The maximum atomic E-state index is 12.5. The number of alkyl halides is 3. The molecule has 0 saturated heterocycles. The van der Waals surface area contributed by atoms with Gasteiger partial charge in [-0.25, -0.2) is 0 Å². The van der Waals surface area contributed by atoms with Crippen LogP contribution in [0, 0.1) is 0 Å². The Labute approximate surface area is 161 Å². The van der Waals surface area contributed by atoms with Gasteiger partial charge in [-0.15, -0.1) is 13.2 Å². The minimum Gasteiger partial charge on any atom is -0.406 e. The van der Waals surface area contributed by atoms with Crippen molar-refractivity contribution in [3.05, 3.63) is 59.7 Å². The lowest BCUT2D eigenvalue weighted by atomic mass is 10.1. The Morgan fingerprint density at radius 3 is 2.36 bits per heavy atom. The topological polar surface area (TPSA) is 58.6 Å². The van der Waals surface area contributed by atoms with E-state index in [9.17, 15) is 22.8 Å². The van der Waals surface area contributed by atoms with Crippen LogP contribution in [0.3, 0.4) is 0 Å². The fourth-order valence-corrected chi connectivity index (χ4v) is 2.48.